The second-order valence-corrected chi connectivity index (χ2v) is 10.6. The summed E-state index contributed by atoms with van der Waals surface area (Å²) in [5.74, 6) is 0. The fourth-order valence-electron chi connectivity index (χ4n) is 4.44. The third-order valence-electron chi connectivity index (χ3n) is 6.13. The molecule has 4 nitrogen and oxygen atoms in total. The van der Waals surface area contributed by atoms with Crippen LogP contribution in [-0.2, 0) is 23.3 Å². The van der Waals surface area contributed by atoms with Gasteiger partial charge in [-0.05, 0) is 81.1 Å². The zero-order valence-electron chi connectivity index (χ0n) is 20.7. The quantitative estimate of drug-likeness (QED) is 0.365. The van der Waals surface area contributed by atoms with Crippen molar-refractivity contribution in [1.82, 2.24) is 4.90 Å². The normalized spacial score (nSPS) is 19.8. The molecular formula is C25H24ClF9N2O2. The Bertz CT molecular complexity index is 1190. The molecular weight excluding hydrogens is 567 g/mol. The molecule has 2 aromatic rings. The van der Waals surface area contributed by atoms with Crippen molar-refractivity contribution < 1.29 is 49.0 Å². The molecule has 3 rings (SSSR count). The summed E-state index contributed by atoms with van der Waals surface area (Å²) in [5.41, 5.74) is 0.160. The van der Waals surface area contributed by atoms with E-state index in [1.165, 1.54) is 20.8 Å². The van der Waals surface area contributed by atoms with Gasteiger partial charge in [-0.3, -0.25) is 4.90 Å². The van der Waals surface area contributed by atoms with Gasteiger partial charge in [-0.1, -0.05) is 11.6 Å². The van der Waals surface area contributed by atoms with Crippen LogP contribution in [-0.4, -0.2) is 22.6 Å². The molecule has 1 aliphatic rings. The molecule has 0 aromatic heterocycles. The van der Waals surface area contributed by atoms with Crippen LogP contribution in [0.25, 0.3) is 0 Å². The lowest BCUT2D eigenvalue weighted by Crippen LogP contribution is -2.45. The van der Waals surface area contributed by atoms with Gasteiger partial charge >= 0.3 is 24.6 Å². The number of halogens is 10. The standard InChI is InChI=1S/C25H24ClF9N2O2/c1-22(2,3)39-21(38)37-18(16-11-13(23(27,28)29)4-5-17(16)26)6-7-19(37)20(36)12-8-14(24(30,31)32)10-15(9-12)25(33,34)35/h4-5,8-11,18-20H,6-7,36H2,1-3H3/t18?,19?,20-/m1/s1. The lowest BCUT2D eigenvalue weighted by Gasteiger charge is -2.36. The SMILES string of the molecule is CC(C)(C)OC(=O)N1C(c2cc(C(F)(F)F)ccc2Cl)CCC1[C@H](N)c1cc(C(F)(F)F)cc(C(F)(F)F)c1. The molecule has 0 saturated carbocycles. The van der Waals surface area contributed by atoms with Crippen LogP contribution in [0.1, 0.15) is 73.5 Å². The van der Waals surface area contributed by atoms with Gasteiger partial charge in [0.05, 0.1) is 34.8 Å². The molecule has 0 aliphatic carbocycles. The van der Waals surface area contributed by atoms with Crippen molar-refractivity contribution in [2.24, 2.45) is 5.73 Å². The summed E-state index contributed by atoms with van der Waals surface area (Å²) in [4.78, 5) is 14.2. The number of carbonyl (C=O) groups excluding carboxylic acids is 1. The molecule has 1 saturated heterocycles. The monoisotopic (exact) mass is 590 g/mol. The Morgan fingerprint density at radius 1 is 0.872 bits per heavy atom. The first kappa shape index (κ1) is 30.9. The van der Waals surface area contributed by atoms with E-state index in [2.05, 4.69) is 0 Å². The minimum absolute atomic E-state index is 0.0380. The summed E-state index contributed by atoms with van der Waals surface area (Å²) in [6, 6.07) is -0.651. The van der Waals surface area contributed by atoms with Gasteiger partial charge in [0.25, 0.3) is 0 Å². The number of rotatable bonds is 3. The topological polar surface area (TPSA) is 55.6 Å². The molecule has 0 bridgehead atoms. The number of nitrogens with two attached hydrogens (primary N) is 1. The second-order valence-electron chi connectivity index (χ2n) is 10.1. The lowest BCUT2D eigenvalue weighted by atomic mass is 9.94. The highest BCUT2D eigenvalue weighted by molar-refractivity contribution is 6.31. The number of carbonyl (C=O) groups is 1. The maximum absolute atomic E-state index is 13.4. The summed E-state index contributed by atoms with van der Waals surface area (Å²) in [6.07, 6.45) is -16.2. The predicted octanol–water partition coefficient (Wildman–Crippen LogP) is 8.54. The average molecular weight is 591 g/mol. The van der Waals surface area contributed by atoms with Gasteiger partial charge < -0.3 is 10.5 Å². The van der Waals surface area contributed by atoms with E-state index < -0.39 is 70.6 Å². The van der Waals surface area contributed by atoms with Gasteiger partial charge in [-0.15, -0.1) is 0 Å². The third-order valence-corrected chi connectivity index (χ3v) is 6.47. The number of hydrogen-bond donors (Lipinski definition) is 1. The minimum Gasteiger partial charge on any atom is -0.444 e. The maximum Gasteiger partial charge on any atom is 0.416 e. The van der Waals surface area contributed by atoms with E-state index in [0.29, 0.717) is 12.1 Å². The largest absolute Gasteiger partial charge is 0.444 e. The summed E-state index contributed by atoms with van der Waals surface area (Å²) in [5, 5.41) is -0.130. The molecule has 2 N–H and O–H groups in total. The minimum atomic E-state index is -5.13. The first-order valence-electron chi connectivity index (χ1n) is 11.5. The van der Waals surface area contributed by atoms with Crippen molar-refractivity contribution in [1.29, 1.82) is 0 Å². The Morgan fingerprint density at radius 2 is 1.38 bits per heavy atom. The average Bonchev–Trinajstić information content (AvgIpc) is 3.20. The number of nitrogens with zero attached hydrogens (tertiary/aromatic N) is 1. The zero-order chi connectivity index (χ0) is 29.7. The van der Waals surface area contributed by atoms with E-state index in [0.717, 1.165) is 23.1 Å². The smallest absolute Gasteiger partial charge is 0.416 e. The van der Waals surface area contributed by atoms with Gasteiger partial charge in [-0.2, -0.15) is 39.5 Å². The van der Waals surface area contributed by atoms with E-state index in [4.69, 9.17) is 22.1 Å². The molecule has 1 fully saturated rings. The van der Waals surface area contributed by atoms with Crippen molar-refractivity contribution in [3.05, 3.63) is 69.2 Å². The number of alkyl halides is 9. The number of amides is 1. The Hall–Kier alpha value is -2.67. The highest BCUT2D eigenvalue weighted by Crippen LogP contribution is 2.46. The summed E-state index contributed by atoms with van der Waals surface area (Å²) in [7, 11) is 0. The molecule has 1 heterocycles. The van der Waals surface area contributed by atoms with Crippen molar-refractivity contribution in [3.63, 3.8) is 0 Å². The number of hydrogen-bond acceptors (Lipinski definition) is 3. The van der Waals surface area contributed by atoms with E-state index in [-0.39, 0.29) is 29.5 Å². The summed E-state index contributed by atoms with van der Waals surface area (Å²) >= 11 is 6.19. The lowest BCUT2D eigenvalue weighted by molar-refractivity contribution is -0.143. The number of benzene rings is 2. The first-order valence-corrected chi connectivity index (χ1v) is 11.9. The molecule has 2 aromatic carbocycles. The van der Waals surface area contributed by atoms with E-state index in [1.54, 1.807) is 0 Å². The van der Waals surface area contributed by atoms with Crippen LogP contribution >= 0.6 is 11.6 Å². The highest BCUT2D eigenvalue weighted by atomic mass is 35.5. The van der Waals surface area contributed by atoms with Crippen molar-refractivity contribution in [2.45, 2.75) is 75.9 Å². The van der Waals surface area contributed by atoms with Gasteiger partial charge in [0.2, 0.25) is 0 Å². The van der Waals surface area contributed by atoms with Gasteiger partial charge in [0.15, 0.2) is 0 Å². The van der Waals surface area contributed by atoms with Crippen LogP contribution in [0.5, 0.6) is 0 Å². The van der Waals surface area contributed by atoms with E-state index >= 15 is 0 Å². The molecule has 1 aliphatic heterocycles. The highest BCUT2D eigenvalue weighted by Gasteiger charge is 2.45. The molecule has 0 radical (unpaired) electrons. The Balaban J connectivity index is 2.13. The maximum atomic E-state index is 13.4. The number of ether oxygens (including phenoxy) is 1. The van der Waals surface area contributed by atoms with E-state index in [1.807, 2.05) is 0 Å². The van der Waals surface area contributed by atoms with Crippen molar-refractivity contribution in [2.75, 3.05) is 0 Å². The van der Waals surface area contributed by atoms with Crippen molar-refractivity contribution >= 4 is 17.7 Å². The van der Waals surface area contributed by atoms with E-state index in [9.17, 15) is 44.3 Å². The van der Waals surface area contributed by atoms with Crippen LogP contribution < -0.4 is 5.73 Å². The van der Waals surface area contributed by atoms with Gasteiger partial charge in [0.1, 0.15) is 5.60 Å². The van der Waals surface area contributed by atoms with Gasteiger partial charge in [-0.25, -0.2) is 4.79 Å². The molecule has 2 unspecified atom stereocenters. The summed E-state index contributed by atoms with van der Waals surface area (Å²) in [6.45, 7) is 4.51. The van der Waals surface area contributed by atoms with Gasteiger partial charge in [0, 0.05) is 5.02 Å². The van der Waals surface area contributed by atoms with Crippen LogP contribution in [0.2, 0.25) is 5.02 Å². The predicted molar refractivity (Wildman–Crippen MR) is 124 cm³/mol. The Kier molecular flexibility index (Phi) is 8.22. The molecule has 1 amide bonds. The number of likely N-dealkylation sites (tertiary alicyclic amines) is 1. The Labute approximate surface area is 222 Å². The fourth-order valence-corrected chi connectivity index (χ4v) is 4.69. The zero-order valence-corrected chi connectivity index (χ0v) is 21.5. The van der Waals surface area contributed by atoms with Crippen LogP contribution in [0.15, 0.2) is 36.4 Å². The third kappa shape index (κ3) is 7.10. The Morgan fingerprint density at radius 3 is 1.85 bits per heavy atom. The molecule has 14 heteroatoms. The molecule has 0 spiro atoms. The van der Waals surface area contributed by atoms with Crippen LogP contribution in [0.4, 0.5) is 44.3 Å². The van der Waals surface area contributed by atoms with Crippen LogP contribution in [0, 0.1) is 0 Å². The fraction of sp³-hybridized carbons (Fsp3) is 0.480. The molecule has 216 valence electrons. The van der Waals surface area contributed by atoms with Crippen molar-refractivity contribution in [3.8, 4) is 0 Å². The second kappa shape index (κ2) is 10.4. The first-order chi connectivity index (χ1) is 17.6. The molecule has 3 atom stereocenters. The molecule has 39 heavy (non-hydrogen) atoms. The summed E-state index contributed by atoms with van der Waals surface area (Å²) < 4.78 is 126. The van der Waals surface area contributed by atoms with Crippen LogP contribution in [0.3, 0.4) is 0 Å².